The van der Waals surface area contributed by atoms with Gasteiger partial charge in [0.2, 0.25) is 0 Å². The van der Waals surface area contributed by atoms with Gasteiger partial charge >= 0.3 is 12.3 Å². The van der Waals surface area contributed by atoms with Gasteiger partial charge in [-0.05, 0) is 31.2 Å². The Balaban J connectivity index is 2.24. The Bertz CT molecular complexity index is 272. The monoisotopic (exact) mass is 268 g/mol. The van der Waals surface area contributed by atoms with E-state index in [4.69, 9.17) is 10.5 Å². The SMILES string of the molecule is NCC1CCCCC1COC(=O)NCC(F)(F)F. The van der Waals surface area contributed by atoms with E-state index in [9.17, 15) is 18.0 Å². The van der Waals surface area contributed by atoms with Gasteiger partial charge in [0.15, 0.2) is 0 Å². The summed E-state index contributed by atoms with van der Waals surface area (Å²) < 4.78 is 40.3. The summed E-state index contributed by atoms with van der Waals surface area (Å²) in [6.45, 7) is -0.694. The molecule has 2 unspecified atom stereocenters. The van der Waals surface area contributed by atoms with E-state index in [0.29, 0.717) is 12.5 Å². The van der Waals surface area contributed by atoms with Gasteiger partial charge in [-0.1, -0.05) is 12.8 Å². The number of nitrogens with two attached hydrogens (primary N) is 1. The van der Waals surface area contributed by atoms with Gasteiger partial charge in [0.25, 0.3) is 0 Å². The van der Waals surface area contributed by atoms with Crippen LogP contribution in [0.5, 0.6) is 0 Å². The lowest BCUT2D eigenvalue weighted by Gasteiger charge is -2.30. The maximum Gasteiger partial charge on any atom is 0.407 e. The molecule has 1 aliphatic rings. The summed E-state index contributed by atoms with van der Waals surface area (Å²) in [5.74, 6) is 0.467. The van der Waals surface area contributed by atoms with Crippen LogP contribution in [0.4, 0.5) is 18.0 Å². The number of ether oxygens (including phenoxy) is 1. The Morgan fingerprint density at radius 1 is 1.28 bits per heavy atom. The number of carbonyl (C=O) groups is 1. The number of alkyl halides is 3. The quantitative estimate of drug-likeness (QED) is 0.820. The van der Waals surface area contributed by atoms with E-state index in [1.54, 1.807) is 5.32 Å². The number of amides is 1. The summed E-state index contributed by atoms with van der Waals surface area (Å²) >= 11 is 0. The van der Waals surface area contributed by atoms with E-state index in [1.165, 1.54) is 0 Å². The molecule has 0 bridgehead atoms. The second kappa shape index (κ2) is 6.82. The molecule has 4 nitrogen and oxygen atoms in total. The maximum atomic E-state index is 11.8. The molecule has 18 heavy (non-hydrogen) atoms. The number of carbonyl (C=O) groups excluding carboxylic acids is 1. The minimum absolute atomic E-state index is 0.144. The van der Waals surface area contributed by atoms with Crippen LogP contribution in [-0.2, 0) is 4.74 Å². The van der Waals surface area contributed by atoms with Crippen LogP contribution < -0.4 is 11.1 Å². The van der Waals surface area contributed by atoms with Crippen LogP contribution in [0.25, 0.3) is 0 Å². The molecule has 0 radical (unpaired) electrons. The molecule has 7 heteroatoms. The Hall–Kier alpha value is -0.980. The summed E-state index contributed by atoms with van der Waals surface area (Å²) in [5.41, 5.74) is 5.61. The molecule has 0 aliphatic heterocycles. The van der Waals surface area contributed by atoms with Crippen LogP contribution in [0.2, 0.25) is 0 Å². The van der Waals surface area contributed by atoms with E-state index in [0.717, 1.165) is 25.7 Å². The van der Waals surface area contributed by atoms with E-state index in [-0.39, 0.29) is 12.5 Å². The molecule has 2 atom stereocenters. The number of rotatable bonds is 4. The summed E-state index contributed by atoms with van der Waals surface area (Å²) in [6, 6.07) is 0. The highest BCUT2D eigenvalue weighted by atomic mass is 19.4. The van der Waals surface area contributed by atoms with E-state index >= 15 is 0 Å². The smallest absolute Gasteiger partial charge is 0.407 e. The summed E-state index contributed by atoms with van der Waals surface area (Å²) in [7, 11) is 0. The van der Waals surface area contributed by atoms with Gasteiger partial charge in [0, 0.05) is 0 Å². The Kier molecular flexibility index (Phi) is 5.71. The molecule has 0 heterocycles. The summed E-state index contributed by atoms with van der Waals surface area (Å²) in [4.78, 5) is 11.1. The summed E-state index contributed by atoms with van der Waals surface area (Å²) in [5, 5.41) is 1.68. The van der Waals surface area contributed by atoms with Crippen molar-refractivity contribution in [2.75, 3.05) is 19.7 Å². The van der Waals surface area contributed by atoms with Crippen molar-refractivity contribution in [2.24, 2.45) is 17.6 Å². The van der Waals surface area contributed by atoms with Crippen molar-refractivity contribution < 1.29 is 22.7 Å². The zero-order valence-corrected chi connectivity index (χ0v) is 10.1. The number of hydrogen-bond acceptors (Lipinski definition) is 3. The van der Waals surface area contributed by atoms with Crippen LogP contribution >= 0.6 is 0 Å². The fourth-order valence-electron chi connectivity index (χ4n) is 2.22. The van der Waals surface area contributed by atoms with Crippen LogP contribution in [0, 0.1) is 11.8 Å². The van der Waals surface area contributed by atoms with E-state index in [2.05, 4.69) is 0 Å². The number of nitrogens with one attached hydrogen (secondary N) is 1. The molecule has 1 rings (SSSR count). The van der Waals surface area contributed by atoms with Crippen molar-refractivity contribution in [1.29, 1.82) is 0 Å². The third-order valence-corrected chi connectivity index (χ3v) is 3.23. The zero-order chi connectivity index (χ0) is 13.6. The van der Waals surface area contributed by atoms with Crippen molar-refractivity contribution in [3.63, 3.8) is 0 Å². The molecule has 0 aromatic heterocycles. The largest absolute Gasteiger partial charge is 0.449 e. The third kappa shape index (κ3) is 5.57. The van der Waals surface area contributed by atoms with Gasteiger partial charge < -0.3 is 15.8 Å². The molecule has 1 amide bonds. The molecule has 0 saturated heterocycles. The van der Waals surface area contributed by atoms with Crippen LogP contribution in [0.15, 0.2) is 0 Å². The molecular weight excluding hydrogens is 249 g/mol. The first kappa shape index (κ1) is 15.1. The van der Waals surface area contributed by atoms with Crippen molar-refractivity contribution in [2.45, 2.75) is 31.9 Å². The van der Waals surface area contributed by atoms with Crippen LogP contribution in [0.1, 0.15) is 25.7 Å². The van der Waals surface area contributed by atoms with Crippen molar-refractivity contribution in [1.82, 2.24) is 5.32 Å². The normalized spacial score (nSPS) is 24.7. The maximum absolute atomic E-state index is 11.8. The first-order valence-electron chi connectivity index (χ1n) is 6.10. The van der Waals surface area contributed by atoms with Gasteiger partial charge in [-0.2, -0.15) is 13.2 Å². The number of hydrogen-bond donors (Lipinski definition) is 2. The van der Waals surface area contributed by atoms with Crippen LogP contribution in [0.3, 0.4) is 0 Å². The Morgan fingerprint density at radius 2 is 1.89 bits per heavy atom. The Labute approximate surface area is 104 Å². The third-order valence-electron chi connectivity index (χ3n) is 3.23. The van der Waals surface area contributed by atoms with Crippen LogP contribution in [-0.4, -0.2) is 32.0 Å². The topological polar surface area (TPSA) is 64.3 Å². The Morgan fingerprint density at radius 3 is 2.44 bits per heavy atom. The fraction of sp³-hybridized carbons (Fsp3) is 0.909. The van der Waals surface area contributed by atoms with E-state index in [1.807, 2.05) is 0 Å². The lowest BCUT2D eigenvalue weighted by molar-refractivity contribution is -0.123. The minimum Gasteiger partial charge on any atom is -0.449 e. The molecular formula is C11H19F3N2O2. The average Bonchev–Trinajstić information content (AvgIpc) is 2.33. The average molecular weight is 268 g/mol. The van der Waals surface area contributed by atoms with Gasteiger partial charge in [-0.25, -0.2) is 4.79 Å². The second-order valence-corrected chi connectivity index (χ2v) is 4.61. The van der Waals surface area contributed by atoms with Gasteiger partial charge in [0.1, 0.15) is 6.54 Å². The number of halogens is 3. The van der Waals surface area contributed by atoms with Gasteiger partial charge in [-0.3, -0.25) is 0 Å². The molecule has 1 fully saturated rings. The van der Waals surface area contributed by atoms with Crippen molar-refractivity contribution in [3.8, 4) is 0 Å². The number of alkyl carbamates (subject to hydrolysis) is 1. The highest BCUT2D eigenvalue weighted by molar-refractivity contribution is 5.67. The lowest BCUT2D eigenvalue weighted by Crippen LogP contribution is -2.36. The van der Waals surface area contributed by atoms with Gasteiger partial charge in [-0.15, -0.1) is 0 Å². The predicted molar refractivity (Wildman–Crippen MR) is 59.9 cm³/mol. The lowest BCUT2D eigenvalue weighted by atomic mass is 9.80. The van der Waals surface area contributed by atoms with Crippen molar-refractivity contribution >= 4 is 6.09 Å². The van der Waals surface area contributed by atoms with E-state index < -0.39 is 18.8 Å². The molecule has 1 saturated carbocycles. The first-order valence-corrected chi connectivity index (χ1v) is 6.10. The molecule has 1 aliphatic carbocycles. The standard InChI is InChI=1S/C11H19F3N2O2/c12-11(13,14)7-16-10(17)18-6-9-4-2-1-3-8(9)5-15/h8-9H,1-7,15H2,(H,16,17). The predicted octanol–water partition coefficient (Wildman–Crippen LogP) is 2.04. The van der Waals surface area contributed by atoms with Crippen molar-refractivity contribution in [3.05, 3.63) is 0 Å². The second-order valence-electron chi connectivity index (χ2n) is 4.61. The molecule has 0 aromatic rings. The summed E-state index contributed by atoms with van der Waals surface area (Å²) in [6.07, 6.45) is -1.37. The van der Waals surface area contributed by atoms with Gasteiger partial charge in [0.05, 0.1) is 6.61 Å². The fourth-order valence-corrected chi connectivity index (χ4v) is 2.22. The molecule has 106 valence electrons. The molecule has 3 N–H and O–H groups in total. The molecule has 0 spiro atoms. The highest BCUT2D eigenvalue weighted by Gasteiger charge is 2.29. The first-order chi connectivity index (χ1) is 8.42. The highest BCUT2D eigenvalue weighted by Crippen LogP contribution is 2.29. The zero-order valence-electron chi connectivity index (χ0n) is 10.1. The minimum atomic E-state index is -4.41. The molecule has 0 aromatic carbocycles.